The molecule has 2 aromatic heterocycles. The number of hydrogen-bond donors (Lipinski definition) is 1. The van der Waals surface area contributed by atoms with Crippen molar-refractivity contribution in [3.63, 3.8) is 0 Å². The van der Waals surface area contributed by atoms with E-state index in [9.17, 15) is 0 Å². The lowest BCUT2D eigenvalue weighted by molar-refractivity contribution is 0.550. The van der Waals surface area contributed by atoms with Crippen LogP contribution in [0.4, 0.5) is 0 Å². The number of nitrogens with zero attached hydrogens (tertiary/aromatic N) is 3. The van der Waals surface area contributed by atoms with Crippen LogP contribution in [0.1, 0.15) is 36.4 Å². The van der Waals surface area contributed by atoms with Gasteiger partial charge in [0.05, 0.1) is 10.7 Å². The Labute approximate surface area is 106 Å². The molecule has 0 saturated carbocycles. The molecule has 0 spiro atoms. The van der Waals surface area contributed by atoms with Crippen molar-refractivity contribution in [3.8, 4) is 0 Å². The molecule has 2 rings (SSSR count). The van der Waals surface area contributed by atoms with E-state index >= 15 is 0 Å². The summed E-state index contributed by atoms with van der Waals surface area (Å²) < 4.78 is 2.15. The van der Waals surface area contributed by atoms with E-state index < -0.39 is 0 Å². The van der Waals surface area contributed by atoms with Gasteiger partial charge in [-0.1, -0.05) is 6.92 Å². The van der Waals surface area contributed by atoms with Crippen molar-refractivity contribution in [1.82, 2.24) is 19.9 Å². The van der Waals surface area contributed by atoms with Crippen molar-refractivity contribution in [2.75, 3.05) is 6.54 Å². The fourth-order valence-corrected chi connectivity index (χ4v) is 2.53. The van der Waals surface area contributed by atoms with Crippen LogP contribution in [-0.2, 0) is 6.54 Å². The summed E-state index contributed by atoms with van der Waals surface area (Å²) in [5.41, 5.74) is 1.07. The Morgan fingerprint density at radius 2 is 2.29 bits per heavy atom. The number of hydrogen-bond acceptors (Lipinski definition) is 4. The lowest BCUT2D eigenvalue weighted by Gasteiger charge is -2.16. The third-order valence-corrected chi connectivity index (χ3v) is 3.48. The molecule has 1 atom stereocenters. The smallest absolute Gasteiger partial charge is 0.132 e. The molecule has 2 aromatic rings. The molecule has 0 aliphatic carbocycles. The van der Waals surface area contributed by atoms with Gasteiger partial charge in [0.1, 0.15) is 11.9 Å². The third kappa shape index (κ3) is 2.56. The maximum atomic E-state index is 4.56. The van der Waals surface area contributed by atoms with Crippen molar-refractivity contribution in [3.05, 3.63) is 34.3 Å². The van der Waals surface area contributed by atoms with Crippen LogP contribution in [0, 0.1) is 6.92 Å². The molecule has 0 aromatic carbocycles. The van der Waals surface area contributed by atoms with Gasteiger partial charge >= 0.3 is 0 Å². The fourth-order valence-electron chi connectivity index (χ4n) is 1.89. The Hall–Kier alpha value is -1.20. The van der Waals surface area contributed by atoms with Crippen LogP contribution in [0.25, 0.3) is 0 Å². The van der Waals surface area contributed by atoms with Gasteiger partial charge in [0, 0.05) is 24.3 Å². The number of rotatable bonds is 5. The minimum Gasteiger partial charge on any atom is -0.334 e. The van der Waals surface area contributed by atoms with Crippen molar-refractivity contribution in [2.24, 2.45) is 0 Å². The van der Waals surface area contributed by atoms with Gasteiger partial charge in [-0.25, -0.2) is 9.97 Å². The molecule has 5 heteroatoms. The van der Waals surface area contributed by atoms with Crippen molar-refractivity contribution >= 4 is 11.3 Å². The van der Waals surface area contributed by atoms with E-state index in [2.05, 4.69) is 39.1 Å². The molecule has 0 bridgehead atoms. The molecule has 92 valence electrons. The number of aromatic nitrogens is 3. The van der Waals surface area contributed by atoms with Gasteiger partial charge in [-0.05, 0) is 20.4 Å². The van der Waals surface area contributed by atoms with E-state index in [4.69, 9.17) is 0 Å². The highest BCUT2D eigenvalue weighted by Crippen LogP contribution is 2.22. The molecule has 0 aliphatic heterocycles. The van der Waals surface area contributed by atoms with Crippen LogP contribution in [0.15, 0.2) is 17.8 Å². The summed E-state index contributed by atoms with van der Waals surface area (Å²) in [5.74, 6) is 1.04. The van der Waals surface area contributed by atoms with E-state index in [0.29, 0.717) is 0 Å². The molecule has 1 N–H and O–H groups in total. The average molecular weight is 250 g/mol. The second-order valence-corrected chi connectivity index (χ2v) is 4.92. The number of thiazole rings is 1. The maximum absolute atomic E-state index is 4.56. The molecule has 0 saturated heterocycles. The van der Waals surface area contributed by atoms with Gasteiger partial charge in [-0.3, -0.25) is 0 Å². The van der Waals surface area contributed by atoms with E-state index in [1.807, 2.05) is 19.3 Å². The first-order valence-electron chi connectivity index (χ1n) is 5.92. The highest BCUT2D eigenvalue weighted by atomic mass is 32.1. The lowest BCUT2D eigenvalue weighted by Crippen LogP contribution is -2.25. The molecule has 0 fully saturated rings. The van der Waals surface area contributed by atoms with Gasteiger partial charge in [0.15, 0.2) is 0 Å². The molecule has 2 heterocycles. The zero-order chi connectivity index (χ0) is 12.3. The van der Waals surface area contributed by atoms with E-state index in [0.717, 1.165) is 29.6 Å². The van der Waals surface area contributed by atoms with E-state index in [1.54, 1.807) is 11.3 Å². The topological polar surface area (TPSA) is 42.7 Å². The highest BCUT2D eigenvalue weighted by molar-refractivity contribution is 7.09. The monoisotopic (exact) mass is 250 g/mol. The second-order valence-electron chi connectivity index (χ2n) is 3.85. The second kappa shape index (κ2) is 5.42. The Bertz CT molecular complexity index is 474. The summed E-state index contributed by atoms with van der Waals surface area (Å²) in [4.78, 5) is 9.02. The first kappa shape index (κ1) is 12.3. The summed E-state index contributed by atoms with van der Waals surface area (Å²) in [6, 6.07) is 0.0971. The zero-order valence-corrected chi connectivity index (χ0v) is 11.3. The minimum absolute atomic E-state index is 0.0971. The molecule has 0 radical (unpaired) electrons. The number of aryl methyl sites for hydroxylation is 2. The largest absolute Gasteiger partial charge is 0.334 e. The van der Waals surface area contributed by atoms with Crippen LogP contribution in [0.2, 0.25) is 0 Å². The van der Waals surface area contributed by atoms with Crippen LogP contribution >= 0.6 is 11.3 Å². The number of imidazole rings is 1. The van der Waals surface area contributed by atoms with Crippen molar-refractivity contribution in [1.29, 1.82) is 0 Å². The predicted molar refractivity (Wildman–Crippen MR) is 70.3 cm³/mol. The maximum Gasteiger partial charge on any atom is 0.132 e. The van der Waals surface area contributed by atoms with Gasteiger partial charge < -0.3 is 9.88 Å². The van der Waals surface area contributed by atoms with E-state index in [1.165, 1.54) is 0 Å². The highest BCUT2D eigenvalue weighted by Gasteiger charge is 2.20. The number of nitrogens with one attached hydrogen (secondary N) is 1. The van der Waals surface area contributed by atoms with Gasteiger partial charge in [0.2, 0.25) is 0 Å². The first-order valence-corrected chi connectivity index (χ1v) is 6.80. The Kier molecular flexibility index (Phi) is 3.91. The summed E-state index contributed by atoms with van der Waals surface area (Å²) in [5, 5.41) is 6.65. The first-order chi connectivity index (χ1) is 8.26. The average Bonchev–Trinajstić information content (AvgIpc) is 2.94. The molecule has 0 aliphatic rings. The summed E-state index contributed by atoms with van der Waals surface area (Å²) in [6.45, 7) is 8.09. The SMILES string of the molecule is CCNC(c1csc(C)n1)c1nccn1CC. The lowest BCUT2D eigenvalue weighted by atomic mass is 10.2. The third-order valence-electron chi connectivity index (χ3n) is 2.69. The standard InChI is InChI=1S/C12H18N4S/c1-4-13-11(10-8-17-9(3)15-10)12-14-6-7-16(12)5-2/h6-8,11,13H,4-5H2,1-3H3. The van der Waals surface area contributed by atoms with Gasteiger partial charge in [0.25, 0.3) is 0 Å². The quantitative estimate of drug-likeness (QED) is 0.886. The Morgan fingerprint density at radius 1 is 1.47 bits per heavy atom. The van der Waals surface area contributed by atoms with Crippen molar-refractivity contribution < 1.29 is 0 Å². The molecule has 0 amide bonds. The van der Waals surface area contributed by atoms with Gasteiger partial charge in [-0.2, -0.15) is 0 Å². The molecule has 4 nitrogen and oxygen atoms in total. The Morgan fingerprint density at radius 3 is 2.88 bits per heavy atom. The molecular weight excluding hydrogens is 232 g/mol. The van der Waals surface area contributed by atoms with Gasteiger partial charge in [-0.15, -0.1) is 11.3 Å². The molecular formula is C12H18N4S. The summed E-state index contributed by atoms with van der Waals surface area (Å²) in [7, 11) is 0. The van der Waals surface area contributed by atoms with Crippen LogP contribution in [0.3, 0.4) is 0 Å². The normalized spacial score (nSPS) is 12.9. The summed E-state index contributed by atoms with van der Waals surface area (Å²) >= 11 is 1.68. The van der Waals surface area contributed by atoms with Crippen LogP contribution in [0.5, 0.6) is 0 Å². The molecule has 17 heavy (non-hydrogen) atoms. The van der Waals surface area contributed by atoms with Crippen LogP contribution in [-0.4, -0.2) is 21.1 Å². The summed E-state index contributed by atoms with van der Waals surface area (Å²) in [6.07, 6.45) is 3.86. The van der Waals surface area contributed by atoms with Crippen molar-refractivity contribution in [2.45, 2.75) is 33.4 Å². The molecule has 1 unspecified atom stereocenters. The van der Waals surface area contributed by atoms with Crippen LogP contribution < -0.4 is 5.32 Å². The zero-order valence-electron chi connectivity index (χ0n) is 10.5. The van der Waals surface area contributed by atoms with E-state index in [-0.39, 0.29) is 6.04 Å². The minimum atomic E-state index is 0.0971. The predicted octanol–water partition coefficient (Wildman–Crippen LogP) is 2.37. The Balaban J connectivity index is 2.35. The fraction of sp³-hybridized carbons (Fsp3) is 0.500.